The van der Waals surface area contributed by atoms with Gasteiger partial charge in [-0.25, -0.2) is 9.59 Å². The van der Waals surface area contributed by atoms with E-state index in [0.717, 1.165) is 12.5 Å². The van der Waals surface area contributed by atoms with Crippen LogP contribution in [-0.2, 0) is 9.59 Å². The van der Waals surface area contributed by atoms with Crippen molar-refractivity contribution in [3.63, 3.8) is 0 Å². The average Bonchev–Trinajstić information content (AvgIpc) is 2.78. The third-order valence-electron chi connectivity index (χ3n) is 5.50. The predicted molar refractivity (Wildman–Crippen MR) is 122 cm³/mol. The van der Waals surface area contributed by atoms with Crippen LogP contribution >= 0.6 is 11.8 Å². The maximum absolute atomic E-state index is 9.77. The molecule has 2 aromatic carbocycles. The Morgan fingerprint density at radius 1 is 0.969 bits per heavy atom. The van der Waals surface area contributed by atoms with E-state index in [4.69, 9.17) is 20.4 Å². The van der Waals surface area contributed by atoms with Gasteiger partial charge < -0.3 is 30.2 Å². The maximum atomic E-state index is 9.77. The lowest BCUT2D eigenvalue weighted by atomic mass is 9.97. The second kappa shape index (κ2) is 10.8. The number of fused-ring (bicyclic) bond motifs is 2. The van der Waals surface area contributed by atoms with Crippen molar-refractivity contribution in [2.75, 3.05) is 31.6 Å². The lowest BCUT2D eigenvalue weighted by Crippen LogP contribution is -2.39. The quantitative estimate of drug-likeness (QED) is 0.533. The maximum Gasteiger partial charge on any atom is 0.335 e. The first-order chi connectivity index (χ1) is 15.3. The molecule has 8 nitrogen and oxygen atoms in total. The van der Waals surface area contributed by atoms with E-state index in [1.807, 2.05) is 11.8 Å². The van der Waals surface area contributed by atoms with Gasteiger partial charge in [-0.1, -0.05) is 36.0 Å². The molecule has 2 aliphatic heterocycles. The van der Waals surface area contributed by atoms with Gasteiger partial charge >= 0.3 is 11.9 Å². The zero-order valence-corrected chi connectivity index (χ0v) is 18.6. The van der Waals surface area contributed by atoms with E-state index in [0.29, 0.717) is 0 Å². The second-order valence-corrected chi connectivity index (χ2v) is 9.07. The largest absolute Gasteiger partial charge is 0.479 e. The molecule has 0 spiro atoms. The summed E-state index contributed by atoms with van der Waals surface area (Å²) in [5, 5.41) is 32.5. The molecule has 4 rings (SSSR count). The fourth-order valence-electron chi connectivity index (χ4n) is 3.93. The zero-order valence-electron chi connectivity index (χ0n) is 17.8. The van der Waals surface area contributed by atoms with Gasteiger partial charge in [0.15, 0.2) is 12.2 Å². The first-order valence-electron chi connectivity index (χ1n) is 10.4. The first kappa shape index (κ1) is 24.1. The molecule has 0 amide bonds. The van der Waals surface area contributed by atoms with Crippen molar-refractivity contribution in [1.29, 1.82) is 0 Å². The molecule has 3 atom stereocenters. The molecule has 32 heavy (non-hydrogen) atoms. The molecule has 0 aliphatic carbocycles. The molecule has 2 aromatic rings. The van der Waals surface area contributed by atoms with Crippen LogP contribution in [0.2, 0.25) is 0 Å². The molecule has 2 heterocycles. The number of aliphatic hydroxyl groups excluding tert-OH is 2. The Kier molecular flexibility index (Phi) is 8.14. The number of carboxylic acid groups (broad SMARTS) is 2. The Bertz CT molecular complexity index is 892. The summed E-state index contributed by atoms with van der Waals surface area (Å²) in [4.78, 5) is 27.3. The molecule has 0 bridgehead atoms. The van der Waals surface area contributed by atoms with Crippen molar-refractivity contribution in [2.24, 2.45) is 5.92 Å². The summed E-state index contributed by atoms with van der Waals surface area (Å²) in [6.07, 6.45) is -1.86. The fourth-order valence-corrected chi connectivity index (χ4v) is 5.02. The van der Waals surface area contributed by atoms with Crippen LogP contribution in [0, 0.1) is 5.92 Å². The van der Waals surface area contributed by atoms with Gasteiger partial charge in [0.25, 0.3) is 0 Å². The molecule has 0 radical (unpaired) electrons. The number of nitrogens with zero attached hydrogens (tertiary/aromatic N) is 2. The third kappa shape index (κ3) is 5.80. The average molecular weight is 461 g/mol. The summed E-state index contributed by atoms with van der Waals surface area (Å²) >= 11 is 1.90. The normalized spacial score (nSPS) is 19.6. The van der Waals surface area contributed by atoms with Gasteiger partial charge in [-0.05, 0) is 56.6 Å². The van der Waals surface area contributed by atoms with Crippen LogP contribution in [-0.4, -0.2) is 76.2 Å². The van der Waals surface area contributed by atoms with Gasteiger partial charge in [-0.2, -0.15) is 0 Å². The van der Waals surface area contributed by atoms with Gasteiger partial charge in [-0.3, -0.25) is 0 Å². The summed E-state index contributed by atoms with van der Waals surface area (Å²) < 4.78 is 0. The molecule has 4 N–H and O–H groups in total. The monoisotopic (exact) mass is 460 g/mol. The Labute approximate surface area is 191 Å². The van der Waals surface area contributed by atoms with Crippen LogP contribution in [0.1, 0.15) is 12.8 Å². The highest BCUT2D eigenvalue weighted by atomic mass is 32.2. The Hall–Kier alpha value is -2.59. The number of benzene rings is 2. The highest BCUT2D eigenvalue weighted by molar-refractivity contribution is 7.99. The number of para-hydroxylation sites is 2. The second-order valence-electron chi connectivity index (χ2n) is 7.98. The molecule has 1 fully saturated rings. The number of anilines is 2. The van der Waals surface area contributed by atoms with Crippen LogP contribution < -0.4 is 4.90 Å². The third-order valence-corrected chi connectivity index (χ3v) is 6.63. The van der Waals surface area contributed by atoms with E-state index in [9.17, 15) is 9.59 Å². The number of likely N-dealkylation sites (tertiary alicyclic amines) is 1. The van der Waals surface area contributed by atoms with Gasteiger partial charge in [-0.15, -0.1) is 0 Å². The minimum atomic E-state index is -2.27. The van der Waals surface area contributed by atoms with Crippen molar-refractivity contribution in [1.82, 2.24) is 4.90 Å². The fraction of sp³-hybridized carbons (Fsp3) is 0.391. The van der Waals surface area contributed by atoms with Gasteiger partial charge in [0.05, 0.1) is 11.4 Å². The summed E-state index contributed by atoms with van der Waals surface area (Å²) in [6.45, 7) is 3.59. The van der Waals surface area contributed by atoms with Crippen molar-refractivity contribution >= 4 is 35.1 Å². The number of hydrogen-bond donors (Lipinski definition) is 4. The Balaban J connectivity index is 0.000000247. The van der Waals surface area contributed by atoms with E-state index < -0.39 is 24.1 Å². The topological polar surface area (TPSA) is 122 Å². The van der Waals surface area contributed by atoms with Crippen molar-refractivity contribution in [2.45, 2.75) is 34.8 Å². The van der Waals surface area contributed by atoms with Gasteiger partial charge in [0.2, 0.25) is 0 Å². The molecular formula is C23H28N2O6S. The summed E-state index contributed by atoms with van der Waals surface area (Å²) in [5.41, 5.74) is 2.75. The molecule has 2 aliphatic rings. The number of aliphatic hydroxyl groups is 2. The number of aliphatic carboxylic acids is 2. The van der Waals surface area contributed by atoms with E-state index >= 15 is 0 Å². The Morgan fingerprint density at radius 2 is 1.47 bits per heavy atom. The molecular weight excluding hydrogens is 432 g/mol. The van der Waals surface area contributed by atoms with Gasteiger partial charge in [0, 0.05) is 22.9 Å². The van der Waals surface area contributed by atoms with E-state index in [1.54, 1.807) is 0 Å². The molecule has 1 saturated heterocycles. The van der Waals surface area contributed by atoms with E-state index in [2.05, 4.69) is 65.4 Å². The number of hydrogen-bond acceptors (Lipinski definition) is 7. The number of carbonyl (C=O) groups is 2. The van der Waals surface area contributed by atoms with Crippen LogP contribution in [0.4, 0.5) is 11.4 Å². The van der Waals surface area contributed by atoms with Crippen LogP contribution in [0.3, 0.4) is 0 Å². The molecule has 3 unspecified atom stereocenters. The molecule has 0 saturated carbocycles. The molecule has 0 aromatic heterocycles. The molecule has 172 valence electrons. The number of rotatable bonds is 5. The highest BCUT2D eigenvalue weighted by Gasteiger charge is 2.29. The van der Waals surface area contributed by atoms with E-state index in [-0.39, 0.29) is 0 Å². The first-order valence-corrected chi connectivity index (χ1v) is 11.2. The highest BCUT2D eigenvalue weighted by Crippen LogP contribution is 2.48. The SMILES string of the molecule is CN1CCCC(CN2c3ccccc3Sc3ccccc32)C1.O=C(O)C(O)C(O)C(=O)O. The van der Waals surface area contributed by atoms with Crippen LogP contribution in [0.5, 0.6) is 0 Å². The predicted octanol–water partition coefficient (Wildman–Crippen LogP) is 2.51. The summed E-state index contributed by atoms with van der Waals surface area (Å²) in [7, 11) is 2.25. The Morgan fingerprint density at radius 3 is 1.94 bits per heavy atom. The number of piperidine rings is 1. The van der Waals surface area contributed by atoms with Gasteiger partial charge in [0.1, 0.15) is 0 Å². The van der Waals surface area contributed by atoms with Crippen molar-refractivity contribution < 1.29 is 30.0 Å². The lowest BCUT2D eigenvalue weighted by Gasteiger charge is -2.38. The summed E-state index contributed by atoms with van der Waals surface area (Å²) in [6, 6.07) is 17.6. The van der Waals surface area contributed by atoms with Crippen molar-refractivity contribution in [3.8, 4) is 0 Å². The standard InChI is InChI=1S/C19H22N2S.C4H6O6/c1-20-12-6-7-15(13-20)14-21-16-8-2-4-10-18(16)22-19-11-5-3-9-17(19)21;5-1(3(7)8)2(6)4(9)10/h2-5,8-11,15H,6-7,12-14H2,1H3;1-2,5-6H,(H,7,8)(H,9,10). The number of carboxylic acids is 2. The zero-order chi connectivity index (χ0) is 23.3. The smallest absolute Gasteiger partial charge is 0.335 e. The van der Waals surface area contributed by atoms with E-state index in [1.165, 1.54) is 47.1 Å². The lowest BCUT2D eigenvalue weighted by molar-refractivity contribution is -0.165. The minimum Gasteiger partial charge on any atom is -0.479 e. The van der Waals surface area contributed by atoms with Crippen molar-refractivity contribution in [3.05, 3.63) is 48.5 Å². The minimum absolute atomic E-state index is 0.753. The van der Waals surface area contributed by atoms with Crippen LogP contribution in [0.15, 0.2) is 58.3 Å². The summed E-state index contributed by atoms with van der Waals surface area (Å²) in [5.74, 6) is -2.78. The van der Waals surface area contributed by atoms with Crippen LogP contribution in [0.25, 0.3) is 0 Å². The molecule has 9 heteroatoms.